The molecule has 0 bridgehead atoms. The number of nitrogens with zero attached hydrogens (tertiary/aromatic N) is 3. The molecule has 0 saturated heterocycles. The summed E-state index contributed by atoms with van der Waals surface area (Å²) in [7, 11) is 0. The van der Waals surface area contributed by atoms with Gasteiger partial charge in [0.1, 0.15) is 5.82 Å². The third-order valence-corrected chi connectivity index (χ3v) is 5.52. The van der Waals surface area contributed by atoms with Crippen LogP contribution in [0.25, 0.3) is 0 Å². The second-order valence-electron chi connectivity index (χ2n) is 7.02. The van der Waals surface area contributed by atoms with Crippen LogP contribution < -0.4 is 10.6 Å². The molecule has 3 aromatic rings. The van der Waals surface area contributed by atoms with E-state index in [0.717, 1.165) is 46.4 Å². The molecule has 2 aromatic heterocycles. The fourth-order valence-electron chi connectivity index (χ4n) is 3.36. The minimum absolute atomic E-state index is 0.0826. The standard InChI is InChI=1S/C20H22N6OS/c1-11-4-9-16-18(11)19(23-17-10-12(2)25-26-17)24-20(22-16)28-15-7-5-14(6-8-15)21-13(3)27/h5-8,10-11H,4,9H2,1-3H3,(H,21,27)(H2,22,23,24,25,26). The lowest BCUT2D eigenvalue weighted by molar-refractivity contribution is -0.114. The number of aryl methyl sites for hydroxylation is 2. The summed E-state index contributed by atoms with van der Waals surface area (Å²) in [6.07, 6.45) is 2.04. The lowest BCUT2D eigenvalue weighted by atomic mass is 10.1. The summed E-state index contributed by atoms with van der Waals surface area (Å²) in [6.45, 7) is 5.68. The zero-order valence-corrected chi connectivity index (χ0v) is 16.9. The van der Waals surface area contributed by atoms with Crippen molar-refractivity contribution in [2.45, 2.75) is 49.6 Å². The number of carbonyl (C=O) groups is 1. The average molecular weight is 395 g/mol. The quantitative estimate of drug-likeness (QED) is 0.555. The van der Waals surface area contributed by atoms with Crippen molar-refractivity contribution >= 4 is 35.0 Å². The smallest absolute Gasteiger partial charge is 0.221 e. The van der Waals surface area contributed by atoms with Gasteiger partial charge in [0.2, 0.25) is 5.91 Å². The molecule has 7 nitrogen and oxygen atoms in total. The van der Waals surface area contributed by atoms with Gasteiger partial charge in [0.25, 0.3) is 0 Å². The van der Waals surface area contributed by atoms with Crippen molar-refractivity contribution in [3.63, 3.8) is 0 Å². The van der Waals surface area contributed by atoms with Crippen LogP contribution in [0, 0.1) is 6.92 Å². The highest BCUT2D eigenvalue weighted by molar-refractivity contribution is 7.99. The van der Waals surface area contributed by atoms with Crippen molar-refractivity contribution in [2.75, 3.05) is 10.6 Å². The Morgan fingerprint density at radius 1 is 1.25 bits per heavy atom. The maximum atomic E-state index is 11.2. The fraction of sp³-hybridized carbons (Fsp3) is 0.300. The highest BCUT2D eigenvalue weighted by atomic mass is 32.2. The van der Waals surface area contributed by atoms with E-state index >= 15 is 0 Å². The molecule has 1 aliphatic carbocycles. The zero-order chi connectivity index (χ0) is 19.7. The maximum absolute atomic E-state index is 11.2. The van der Waals surface area contributed by atoms with Crippen LogP contribution in [-0.2, 0) is 11.2 Å². The molecule has 1 aromatic carbocycles. The Morgan fingerprint density at radius 3 is 2.71 bits per heavy atom. The molecule has 1 atom stereocenters. The molecule has 1 unspecified atom stereocenters. The highest BCUT2D eigenvalue weighted by Crippen LogP contribution is 2.39. The number of rotatable bonds is 5. The third-order valence-electron chi connectivity index (χ3n) is 4.65. The van der Waals surface area contributed by atoms with Gasteiger partial charge in [-0.2, -0.15) is 5.10 Å². The van der Waals surface area contributed by atoms with Crippen LogP contribution in [0.1, 0.15) is 43.1 Å². The van der Waals surface area contributed by atoms with E-state index in [0.29, 0.717) is 11.1 Å². The number of anilines is 3. The van der Waals surface area contributed by atoms with E-state index in [2.05, 4.69) is 27.8 Å². The molecule has 2 heterocycles. The number of aromatic amines is 1. The van der Waals surface area contributed by atoms with Crippen molar-refractivity contribution in [3.05, 3.63) is 47.3 Å². The number of amides is 1. The number of benzene rings is 1. The first-order chi connectivity index (χ1) is 13.5. The fourth-order valence-corrected chi connectivity index (χ4v) is 4.13. The first-order valence-electron chi connectivity index (χ1n) is 9.23. The predicted octanol–water partition coefficient (Wildman–Crippen LogP) is 4.41. The van der Waals surface area contributed by atoms with Crippen LogP contribution in [0.15, 0.2) is 40.4 Å². The van der Waals surface area contributed by atoms with E-state index in [9.17, 15) is 4.79 Å². The van der Waals surface area contributed by atoms with E-state index in [1.807, 2.05) is 37.3 Å². The summed E-state index contributed by atoms with van der Waals surface area (Å²) < 4.78 is 0. The van der Waals surface area contributed by atoms with Gasteiger partial charge in [-0.15, -0.1) is 0 Å². The number of aromatic nitrogens is 4. The molecule has 8 heteroatoms. The Kier molecular flexibility index (Phi) is 5.04. The molecule has 1 amide bonds. The molecule has 3 N–H and O–H groups in total. The van der Waals surface area contributed by atoms with Gasteiger partial charge >= 0.3 is 0 Å². The van der Waals surface area contributed by atoms with Crippen LogP contribution in [-0.4, -0.2) is 26.1 Å². The van der Waals surface area contributed by atoms with Gasteiger partial charge in [-0.3, -0.25) is 9.89 Å². The molecule has 4 rings (SSSR count). The Bertz CT molecular complexity index is 1010. The second kappa shape index (κ2) is 7.63. The van der Waals surface area contributed by atoms with E-state index in [-0.39, 0.29) is 5.91 Å². The van der Waals surface area contributed by atoms with Crippen molar-refractivity contribution in [2.24, 2.45) is 0 Å². The van der Waals surface area contributed by atoms with Gasteiger partial charge < -0.3 is 10.6 Å². The van der Waals surface area contributed by atoms with Gasteiger partial charge in [0.05, 0.1) is 5.69 Å². The monoisotopic (exact) mass is 394 g/mol. The van der Waals surface area contributed by atoms with Gasteiger partial charge in [0, 0.05) is 34.8 Å². The normalized spacial score (nSPS) is 15.3. The molecule has 0 radical (unpaired) electrons. The summed E-state index contributed by atoms with van der Waals surface area (Å²) in [5.74, 6) is 1.93. The predicted molar refractivity (Wildman–Crippen MR) is 110 cm³/mol. The van der Waals surface area contributed by atoms with Gasteiger partial charge in [-0.25, -0.2) is 9.97 Å². The number of hydrogen-bond donors (Lipinski definition) is 3. The minimum atomic E-state index is -0.0826. The number of hydrogen-bond acceptors (Lipinski definition) is 6. The molecule has 0 aliphatic heterocycles. The number of nitrogens with one attached hydrogen (secondary N) is 3. The van der Waals surface area contributed by atoms with Crippen molar-refractivity contribution in [1.82, 2.24) is 20.2 Å². The summed E-state index contributed by atoms with van der Waals surface area (Å²) in [4.78, 5) is 21.8. The van der Waals surface area contributed by atoms with E-state index in [4.69, 9.17) is 9.97 Å². The summed E-state index contributed by atoms with van der Waals surface area (Å²) in [5.41, 5.74) is 4.06. The van der Waals surface area contributed by atoms with Gasteiger partial charge in [0.15, 0.2) is 11.0 Å². The number of carbonyl (C=O) groups excluding carboxylic acids is 1. The Labute approximate surface area is 167 Å². The summed E-state index contributed by atoms with van der Waals surface area (Å²) >= 11 is 1.51. The van der Waals surface area contributed by atoms with Crippen LogP contribution in [0.2, 0.25) is 0 Å². The van der Waals surface area contributed by atoms with E-state index < -0.39 is 0 Å². The molecule has 0 fully saturated rings. The molecular weight excluding hydrogens is 372 g/mol. The average Bonchev–Trinajstić information content (AvgIpc) is 3.22. The van der Waals surface area contributed by atoms with Gasteiger partial charge in [-0.1, -0.05) is 6.92 Å². The molecule has 1 aliphatic rings. The molecule has 0 saturated carbocycles. The summed E-state index contributed by atoms with van der Waals surface area (Å²) in [5, 5.41) is 14.1. The van der Waals surface area contributed by atoms with Gasteiger partial charge in [-0.05, 0) is 61.7 Å². The highest BCUT2D eigenvalue weighted by Gasteiger charge is 2.26. The van der Waals surface area contributed by atoms with Crippen molar-refractivity contribution < 1.29 is 4.79 Å². The van der Waals surface area contributed by atoms with Crippen molar-refractivity contribution in [1.29, 1.82) is 0 Å². The molecule has 144 valence electrons. The maximum Gasteiger partial charge on any atom is 0.221 e. The first kappa shape index (κ1) is 18.5. The molecule has 28 heavy (non-hydrogen) atoms. The number of H-pyrrole nitrogens is 1. The lowest BCUT2D eigenvalue weighted by Crippen LogP contribution is -2.05. The minimum Gasteiger partial charge on any atom is -0.326 e. The van der Waals surface area contributed by atoms with Crippen LogP contribution >= 0.6 is 11.8 Å². The Morgan fingerprint density at radius 2 is 2.04 bits per heavy atom. The number of fused-ring (bicyclic) bond motifs is 1. The second-order valence-corrected chi connectivity index (χ2v) is 8.06. The van der Waals surface area contributed by atoms with Crippen LogP contribution in [0.4, 0.5) is 17.3 Å². The largest absolute Gasteiger partial charge is 0.326 e. The Hall–Kier alpha value is -2.87. The van der Waals surface area contributed by atoms with Crippen LogP contribution in [0.5, 0.6) is 0 Å². The van der Waals surface area contributed by atoms with Crippen molar-refractivity contribution in [3.8, 4) is 0 Å². The van der Waals surface area contributed by atoms with Crippen LogP contribution in [0.3, 0.4) is 0 Å². The zero-order valence-electron chi connectivity index (χ0n) is 16.0. The van der Waals surface area contributed by atoms with E-state index in [1.165, 1.54) is 24.2 Å². The molecular formula is C20H22N6OS. The topological polar surface area (TPSA) is 95.6 Å². The van der Waals surface area contributed by atoms with E-state index in [1.54, 1.807) is 0 Å². The lowest BCUT2D eigenvalue weighted by Gasteiger charge is -2.13. The summed E-state index contributed by atoms with van der Waals surface area (Å²) in [6, 6.07) is 9.63. The SMILES string of the molecule is CC(=O)Nc1ccc(Sc2nc3c(c(Nc4cc(C)[nH]n4)n2)C(C)CC3)cc1. The first-order valence-corrected chi connectivity index (χ1v) is 10.0. The Balaban J connectivity index is 1.61. The molecule has 0 spiro atoms. The third kappa shape index (κ3) is 4.01.